The van der Waals surface area contributed by atoms with E-state index in [-0.39, 0.29) is 11.5 Å². The Labute approximate surface area is 122 Å². The van der Waals surface area contributed by atoms with E-state index in [4.69, 9.17) is 10.8 Å². The second-order valence-corrected chi connectivity index (χ2v) is 4.58. The van der Waals surface area contributed by atoms with E-state index in [9.17, 15) is 9.59 Å². The fourth-order valence-corrected chi connectivity index (χ4v) is 1.92. The first-order valence-corrected chi connectivity index (χ1v) is 6.54. The molecule has 0 aliphatic carbocycles. The second kappa shape index (κ2) is 6.67. The molecule has 0 heterocycles. The third kappa shape index (κ3) is 3.90. The highest BCUT2D eigenvalue weighted by Gasteiger charge is 2.08. The number of carboxylic acid groups (broad SMARTS) is 1. The predicted molar refractivity (Wildman–Crippen MR) is 80.6 cm³/mol. The van der Waals surface area contributed by atoms with E-state index in [0.717, 1.165) is 12.0 Å². The SMILES string of the molecule is NCCc1ccc(C(=O)Nc2cccc(C(=O)O)c2)cc1. The highest BCUT2D eigenvalue weighted by Crippen LogP contribution is 2.13. The highest BCUT2D eigenvalue weighted by molar-refractivity contribution is 6.04. The fourth-order valence-electron chi connectivity index (χ4n) is 1.92. The number of carboxylic acids is 1. The van der Waals surface area contributed by atoms with Crippen LogP contribution in [-0.4, -0.2) is 23.5 Å². The van der Waals surface area contributed by atoms with Crippen LogP contribution in [-0.2, 0) is 6.42 Å². The summed E-state index contributed by atoms with van der Waals surface area (Å²) < 4.78 is 0. The van der Waals surface area contributed by atoms with E-state index in [1.54, 1.807) is 24.3 Å². The van der Waals surface area contributed by atoms with Gasteiger partial charge in [0.2, 0.25) is 0 Å². The number of hydrogen-bond acceptors (Lipinski definition) is 3. The molecule has 0 atom stereocenters. The maximum absolute atomic E-state index is 12.1. The van der Waals surface area contributed by atoms with E-state index in [2.05, 4.69) is 5.32 Å². The zero-order valence-corrected chi connectivity index (χ0v) is 11.4. The Morgan fingerprint density at radius 1 is 1.05 bits per heavy atom. The average molecular weight is 284 g/mol. The van der Waals surface area contributed by atoms with Crippen LogP contribution in [0.25, 0.3) is 0 Å². The standard InChI is InChI=1S/C16H16N2O3/c17-9-8-11-4-6-12(7-5-11)15(19)18-14-3-1-2-13(10-14)16(20)21/h1-7,10H,8-9,17H2,(H,18,19)(H,20,21). The summed E-state index contributed by atoms with van der Waals surface area (Å²) in [6.07, 6.45) is 0.766. The topological polar surface area (TPSA) is 92.4 Å². The van der Waals surface area contributed by atoms with Crippen molar-refractivity contribution in [2.24, 2.45) is 5.73 Å². The third-order valence-electron chi connectivity index (χ3n) is 3.02. The van der Waals surface area contributed by atoms with Crippen LogP contribution in [0.4, 0.5) is 5.69 Å². The lowest BCUT2D eigenvalue weighted by atomic mass is 10.1. The van der Waals surface area contributed by atoms with Crippen molar-refractivity contribution in [3.05, 3.63) is 65.2 Å². The zero-order chi connectivity index (χ0) is 15.2. The van der Waals surface area contributed by atoms with Gasteiger partial charge in [0.25, 0.3) is 5.91 Å². The number of amides is 1. The number of hydrogen-bond donors (Lipinski definition) is 3. The lowest BCUT2D eigenvalue weighted by Crippen LogP contribution is -2.12. The Hall–Kier alpha value is -2.66. The van der Waals surface area contributed by atoms with Crippen LogP contribution in [0.15, 0.2) is 48.5 Å². The maximum atomic E-state index is 12.1. The summed E-state index contributed by atoms with van der Waals surface area (Å²) in [6.45, 7) is 0.563. The second-order valence-electron chi connectivity index (χ2n) is 4.58. The van der Waals surface area contributed by atoms with Crippen molar-refractivity contribution in [3.8, 4) is 0 Å². The van der Waals surface area contributed by atoms with Gasteiger partial charge in [-0.1, -0.05) is 18.2 Å². The van der Waals surface area contributed by atoms with Gasteiger partial charge in [-0.25, -0.2) is 4.79 Å². The van der Waals surface area contributed by atoms with Gasteiger partial charge in [0, 0.05) is 11.3 Å². The Balaban J connectivity index is 2.10. The van der Waals surface area contributed by atoms with E-state index in [1.165, 1.54) is 12.1 Å². The van der Waals surface area contributed by atoms with Crippen LogP contribution in [0, 0.1) is 0 Å². The molecule has 4 N–H and O–H groups in total. The largest absolute Gasteiger partial charge is 0.478 e. The summed E-state index contributed by atoms with van der Waals surface area (Å²) >= 11 is 0. The lowest BCUT2D eigenvalue weighted by Gasteiger charge is -2.07. The molecule has 0 bridgehead atoms. The number of rotatable bonds is 5. The molecule has 0 spiro atoms. The van der Waals surface area contributed by atoms with Crippen molar-refractivity contribution < 1.29 is 14.7 Å². The van der Waals surface area contributed by atoms with Crippen molar-refractivity contribution in [2.75, 3.05) is 11.9 Å². The van der Waals surface area contributed by atoms with Crippen LogP contribution in [0.1, 0.15) is 26.3 Å². The summed E-state index contributed by atoms with van der Waals surface area (Å²) in [7, 11) is 0. The van der Waals surface area contributed by atoms with Crippen molar-refractivity contribution in [2.45, 2.75) is 6.42 Å². The van der Waals surface area contributed by atoms with Crippen molar-refractivity contribution >= 4 is 17.6 Å². The molecule has 2 rings (SSSR count). The van der Waals surface area contributed by atoms with E-state index in [1.807, 2.05) is 12.1 Å². The molecule has 5 nitrogen and oxygen atoms in total. The third-order valence-corrected chi connectivity index (χ3v) is 3.02. The molecule has 0 saturated heterocycles. The molecule has 0 aliphatic heterocycles. The van der Waals surface area contributed by atoms with Gasteiger partial charge in [-0.3, -0.25) is 4.79 Å². The number of nitrogens with one attached hydrogen (secondary N) is 1. The quantitative estimate of drug-likeness (QED) is 0.784. The smallest absolute Gasteiger partial charge is 0.335 e. The number of anilines is 1. The molecule has 5 heteroatoms. The van der Waals surface area contributed by atoms with Gasteiger partial charge in [-0.2, -0.15) is 0 Å². The van der Waals surface area contributed by atoms with Crippen LogP contribution in [0.2, 0.25) is 0 Å². The van der Waals surface area contributed by atoms with E-state index >= 15 is 0 Å². The monoisotopic (exact) mass is 284 g/mol. The summed E-state index contributed by atoms with van der Waals surface area (Å²) in [5, 5.41) is 11.6. The van der Waals surface area contributed by atoms with Crippen LogP contribution >= 0.6 is 0 Å². The average Bonchev–Trinajstić information content (AvgIpc) is 2.48. The highest BCUT2D eigenvalue weighted by atomic mass is 16.4. The molecular weight excluding hydrogens is 268 g/mol. The molecule has 0 saturated carbocycles. The van der Waals surface area contributed by atoms with E-state index < -0.39 is 5.97 Å². The minimum Gasteiger partial charge on any atom is -0.478 e. The summed E-state index contributed by atoms with van der Waals surface area (Å²) in [6, 6.07) is 13.3. The molecular formula is C16H16N2O3. The number of carbonyl (C=O) groups is 2. The molecule has 0 aromatic heterocycles. The van der Waals surface area contributed by atoms with Gasteiger partial charge < -0.3 is 16.2 Å². The summed E-state index contributed by atoms with van der Waals surface area (Å²) in [5.74, 6) is -1.31. The molecule has 21 heavy (non-hydrogen) atoms. The number of nitrogens with two attached hydrogens (primary N) is 1. The minimum absolute atomic E-state index is 0.131. The number of benzene rings is 2. The van der Waals surface area contributed by atoms with Gasteiger partial charge in [0.1, 0.15) is 0 Å². The van der Waals surface area contributed by atoms with E-state index in [0.29, 0.717) is 17.8 Å². The van der Waals surface area contributed by atoms with Crippen LogP contribution in [0.5, 0.6) is 0 Å². The first-order valence-electron chi connectivity index (χ1n) is 6.54. The molecule has 0 unspecified atom stereocenters. The first-order chi connectivity index (χ1) is 10.1. The van der Waals surface area contributed by atoms with Crippen LogP contribution in [0.3, 0.4) is 0 Å². The summed E-state index contributed by atoms with van der Waals surface area (Å²) in [4.78, 5) is 23.0. The van der Waals surface area contributed by atoms with Crippen LogP contribution < -0.4 is 11.1 Å². The van der Waals surface area contributed by atoms with Crippen molar-refractivity contribution in [1.82, 2.24) is 0 Å². The molecule has 1 amide bonds. The van der Waals surface area contributed by atoms with Gasteiger partial charge in [-0.05, 0) is 48.9 Å². The zero-order valence-electron chi connectivity index (χ0n) is 11.4. The van der Waals surface area contributed by atoms with Gasteiger partial charge in [0.15, 0.2) is 0 Å². The normalized spacial score (nSPS) is 10.1. The Morgan fingerprint density at radius 3 is 2.38 bits per heavy atom. The Bertz CT molecular complexity index is 651. The maximum Gasteiger partial charge on any atom is 0.335 e. The van der Waals surface area contributed by atoms with Crippen molar-refractivity contribution in [3.63, 3.8) is 0 Å². The lowest BCUT2D eigenvalue weighted by molar-refractivity contribution is 0.0696. The molecule has 0 radical (unpaired) electrons. The molecule has 0 fully saturated rings. The minimum atomic E-state index is -1.03. The van der Waals surface area contributed by atoms with Crippen molar-refractivity contribution in [1.29, 1.82) is 0 Å². The number of aromatic carboxylic acids is 1. The summed E-state index contributed by atoms with van der Waals surface area (Å²) in [5.41, 5.74) is 7.63. The fraction of sp³-hybridized carbons (Fsp3) is 0.125. The van der Waals surface area contributed by atoms with Gasteiger partial charge in [0.05, 0.1) is 5.56 Å². The van der Waals surface area contributed by atoms with Gasteiger partial charge >= 0.3 is 5.97 Å². The predicted octanol–water partition coefficient (Wildman–Crippen LogP) is 2.14. The first kappa shape index (κ1) is 14.7. The Morgan fingerprint density at radius 2 is 1.76 bits per heavy atom. The molecule has 2 aromatic carbocycles. The molecule has 2 aromatic rings. The Kier molecular flexibility index (Phi) is 4.68. The number of carbonyl (C=O) groups excluding carboxylic acids is 1. The van der Waals surface area contributed by atoms with Gasteiger partial charge in [-0.15, -0.1) is 0 Å². The molecule has 108 valence electrons. The molecule has 0 aliphatic rings.